The largest absolute Gasteiger partial charge is 0.497 e. The van der Waals surface area contributed by atoms with Crippen LogP contribution >= 0.6 is 11.8 Å². The van der Waals surface area contributed by atoms with Crippen molar-refractivity contribution < 1.29 is 14.3 Å². The molecule has 3 aromatic carbocycles. The predicted octanol–water partition coefficient (Wildman–Crippen LogP) is 5.30. The van der Waals surface area contributed by atoms with Crippen molar-refractivity contribution in [2.75, 3.05) is 23.1 Å². The molecule has 36 heavy (non-hydrogen) atoms. The number of thioether (sulfide) groups is 1. The highest BCUT2D eigenvalue weighted by atomic mass is 32.2. The van der Waals surface area contributed by atoms with Gasteiger partial charge in [0.15, 0.2) is 5.17 Å². The number of hydrogen-bond donors (Lipinski definition) is 1. The van der Waals surface area contributed by atoms with Crippen LogP contribution in [0.4, 0.5) is 11.4 Å². The van der Waals surface area contributed by atoms with E-state index in [-0.39, 0.29) is 23.3 Å². The lowest BCUT2D eigenvalue weighted by Gasteiger charge is -2.19. The van der Waals surface area contributed by atoms with Crippen molar-refractivity contribution in [2.24, 2.45) is 4.99 Å². The summed E-state index contributed by atoms with van der Waals surface area (Å²) in [5.74, 6) is 0.165. The van der Waals surface area contributed by atoms with Crippen LogP contribution in [-0.2, 0) is 9.59 Å². The molecule has 0 aliphatic carbocycles. The Hall–Kier alpha value is -4.35. The second-order valence-electron chi connectivity index (χ2n) is 8.18. The number of hydrogen-bond acceptors (Lipinski definition) is 6. The van der Waals surface area contributed by atoms with Gasteiger partial charge in [0, 0.05) is 0 Å². The van der Waals surface area contributed by atoms with Gasteiger partial charge in [0.1, 0.15) is 17.5 Å². The molecule has 1 N–H and O–H groups in total. The Balaban J connectivity index is 1.60. The van der Waals surface area contributed by atoms with Gasteiger partial charge < -0.3 is 10.1 Å². The second kappa shape index (κ2) is 10.9. The van der Waals surface area contributed by atoms with Crippen molar-refractivity contribution in [3.63, 3.8) is 0 Å². The maximum Gasteiger partial charge on any atom is 0.283 e. The highest BCUT2D eigenvalue weighted by Gasteiger charge is 2.32. The molecule has 180 valence electrons. The average molecular weight is 497 g/mol. The first-order valence-corrected chi connectivity index (χ1v) is 12.2. The van der Waals surface area contributed by atoms with Crippen molar-refractivity contribution in [3.8, 4) is 11.8 Å². The molecule has 0 saturated heterocycles. The molecule has 0 atom stereocenters. The zero-order valence-electron chi connectivity index (χ0n) is 20.1. The number of aryl methyl sites for hydroxylation is 2. The summed E-state index contributed by atoms with van der Waals surface area (Å²) in [7, 11) is 1.60. The van der Waals surface area contributed by atoms with Crippen molar-refractivity contribution in [3.05, 3.63) is 94.7 Å². The summed E-state index contributed by atoms with van der Waals surface area (Å²) in [6.07, 6.45) is 1.72. The summed E-state index contributed by atoms with van der Waals surface area (Å²) in [5.41, 5.74) is 4.63. The van der Waals surface area contributed by atoms with E-state index in [1.165, 1.54) is 4.90 Å². The standard InChI is InChI=1S/C28H24N4O3S/c1-18-12-19(2)14-22(13-18)32-27(34)25(15-20-8-10-23(35-3)11-9-20)31-28(32)36-17-26(33)30-24-7-5-4-6-21(24)16-29/h4-15H,17H2,1-3H3,(H,30,33). The summed E-state index contributed by atoms with van der Waals surface area (Å²) in [6, 6.07) is 22.1. The molecule has 8 heteroatoms. The Morgan fingerprint density at radius 1 is 1.11 bits per heavy atom. The second-order valence-corrected chi connectivity index (χ2v) is 9.12. The molecule has 0 bridgehead atoms. The molecule has 2 amide bonds. The van der Waals surface area contributed by atoms with E-state index in [1.54, 1.807) is 37.5 Å². The van der Waals surface area contributed by atoms with Gasteiger partial charge in [0.05, 0.1) is 29.8 Å². The third-order valence-electron chi connectivity index (χ3n) is 5.37. The molecule has 0 fully saturated rings. The van der Waals surface area contributed by atoms with Gasteiger partial charge in [0.2, 0.25) is 5.91 Å². The lowest BCUT2D eigenvalue weighted by Crippen LogP contribution is -2.31. The van der Waals surface area contributed by atoms with Gasteiger partial charge in [-0.15, -0.1) is 0 Å². The third kappa shape index (κ3) is 5.65. The molecule has 4 rings (SSSR count). The predicted molar refractivity (Wildman–Crippen MR) is 144 cm³/mol. The summed E-state index contributed by atoms with van der Waals surface area (Å²) in [6.45, 7) is 3.93. The van der Waals surface area contributed by atoms with Crippen LogP contribution in [0.2, 0.25) is 0 Å². The Morgan fingerprint density at radius 2 is 1.81 bits per heavy atom. The highest BCUT2D eigenvalue weighted by molar-refractivity contribution is 8.14. The quantitative estimate of drug-likeness (QED) is 0.468. The summed E-state index contributed by atoms with van der Waals surface area (Å²) in [4.78, 5) is 32.3. The molecule has 0 aromatic heterocycles. The fraction of sp³-hybridized carbons (Fsp3) is 0.143. The van der Waals surface area contributed by atoms with E-state index >= 15 is 0 Å². The minimum atomic E-state index is -0.300. The number of nitrogens with zero attached hydrogens (tertiary/aromatic N) is 3. The van der Waals surface area contributed by atoms with Crippen molar-refractivity contribution in [1.82, 2.24) is 0 Å². The molecule has 1 heterocycles. The maximum atomic E-state index is 13.5. The summed E-state index contributed by atoms with van der Waals surface area (Å²) in [5, 5.41) is 12.4. The van der Waals surface area contributed by atoms with Crippen LogP contribution in [0.3, 0.4) is 0 Å². The summed E-state index contributed by atoms with van der Waals surface area (Å²) < 4.78 is 5.20. The molecule has 1 aliphatic rings. The zero-order valence-corrected chi connectivity index (χ0v) is 20.9. The number of aliphatic imine (C=N–C) groups is 1. The lowest BCUT2D eigenvalue weighted by atomic mass is 10.1. The SMILES string of the molecule is COc1ccc(C=C2N=C(SCC(=O)Nc3ccccc3C#N)N(c3cc(C)cc(C)c3)C2=O)cc1. The van der Waals surface area contributed by atoms with Crippen LogP contribution < -0.4 is 15.0 Å². The van der Waals surface area contributed by atoms with Crippen LogP contribution in [0.1, 0.15) is 22.3 Å². The number of nitriles is 1. The van der Waals surface area contributed by atoms with E-state index in [0.29, 0.717) is 22.1 Å². The monoisotopic (exact) mass is 496 g/mol. The molecule has 0 unspecified atom stereocenters. The van der Waals surface area contributed by atoms with Crippen molar-refractivity contribution in [1.29, 1.82) is 5.26 Å². The summed E-state index contributed by atoms with van der Waals surface area (Å²) >= 11 is 1.16. The van der Waals surface area contributed by atoms with E-state index in [0.717, 1.165) is 34.2 Å². The molecule has 1 aliphatic heterocycles. The van der Waals surface area contributed by atoms with Crippen LogP contribution in [0.25, 0.3) is 6.08 Å². The molecule has 0 spiro atoms. The molecular weight excluding hydrogens is 472 g/mol. The number of nitrogens with one attached hydrogen (secondary N) is 1. The van der Waals surface area contributed by atoms with E-state index in [2.05, 4.69) is 16.4 Å². The van der Waals surface area contributed by atoms with Crippen molar-refractivity contribution in [2.45, 2.75) is 13.8 Å². The van der Waals surface area contributed by atoms with Gasteiger partial charge >= 0.3 is 0 Å². The Labute approximate surface area is 214 Å². The minimum absolute atomic E-state index is 0.0169. The van der Waals surface area contributed by atoms with Crippen LogP contribution in [0.15, 0.2) is 77.4 Å². The number of para-hydroxylation sites is 1. The smallest absolute Gasteiger partial charge is 0.283 e. The Morgan fingerprint density at radius 3 is 2.47 bits per heavy atom. The Kier molecular flexibility index (Phi) is 7.52. The van der Waals surface area contributed by atoms with E-state index in [1.807, 2.05) is 56.3 Å². The lowest BCUT2D eigenvalue weighted by molar-refractivity contribution is -0.114. The Bertz CT molecular complexity index is 1400. The number of anilines is 2. The van der Waals surface area contributed by atoms with Gasteiger partial charge in [-0.1, -0.05) is 42.1 Å². The molecule has 7 nitrogen and oxygen atoms in total. The number of benzene rings is 3. The van der Waals surface area contributed by atoms with Gasteiger partial charge in [0.25, 0.3) is 5.91 Å². The first-order valence-electron chi connectivity index (χ1n) is 11.2. The van der Waals surface area contributed by atoms with Gasteiger partial charge in [-0.05, 0) is 73.0 Å². The van der Waals surface area contributed by atoms with E-state index in [4.69, 9.17) is 4.74 Å². The maximum absolute atomic E-state index is 13.5. The normalized spacial score (nSPS) is 13.9. The van der Waals surface area contributed by atoms with Crippen LogP contribution in [-0.4, -0.2) is 29.8 Å². The number of carbonyl (C=O) groups is 2. The molecule has 0 saturated carbocycles. The van der Waals surface area contributed by atoms with E-state index < -0.39 is 0 Å². The number of amidine groups is 1. The number of rotatable bonds is 6. The van der Waals surface area contributed by atoms with E-state index in [9.17, 15) is 14.9 Å². The first-order chi connectivity index (χ1) is 17.4. The fourth-order valence-electron chi connectivity index (χ4n) is 3.76. The van der Waals surface area contributed by atoms with Crippen LogP contribution in [0.5, 0.6) is 5.75 Å². The number of carbonyl (C=O) groups excluding carboxylic acids is 2. The first kappa shape index (κ1) is 24.8. The van der Waals surface area contributed by atoms with Crippen molar-refractivity contribution >= 4 is 46.2 Å². The topological polar surface area (TPSA) is 94.8 Å². The molecule has 0 radical (unpaired) electrons. The third-order valence-corrected chi connectivity index (χ3v) is 6.31. The number of ether oxygens (including phenoxy) is 1. The van der Waals surface area contributed by atoms with Gasteiger partial charge in [-0.25, -0.2) is 4.99 Å². The molecule has 3 aromatic rings. The van der Waals surface area contributed by atoms with Gasteiger partial charge in [-0.2, -0.15) is 5.26 Å². The van der Waals surface area contributed by atoms with Gasteiger partial charge in [-0.3, -0.25) is 14.5 Å². The fourth-order valence-corrected chi connectivity index (χ4v) is 4.58. The number of methoxy groups -OCH3 is 1. The average Bonchev–Trinajstić information content (AvgIpc) is 3.17. The minimum Gasteiger partial charge on any atom is -0.497 e. The highest BCUT2D eigenvalue weighted by Crippen LogP contribution is 2.31. The zero-order chi connectivity index (χ0) is 25.7. The number of amides is 2. The molecular formula is C28H24N4O3S. The van der Waals surface area contributed by atoms with Crippen LogP contribution in [0, 0.1) is 25.2 Å².